The van der Waals surface area contributed by atoms with Crippen LogP contribution in [0.1, 0.15) is 5.56 Å². The minimum absolute atomic E-state index is 0.304. The summed E-state index contributed by atoms with van der Waals surface area (Å²) in [5.74, 6) is -26.1. The fraction of sp³-hybridized carbons (Fsp3) is 0.0370. The van der Waals surface area contributed by atoms with Gasteiger partial charge in [-0.25, -0.2) is 48.3 Å². The van der Waals surface area contributed by atoms with Crippen molar-refractivity contribution >= 4 is 21.5 Å². The molecule has 0 N–H and O–H groups in total. The van der Waals surface area contributed by atoms with Gasteiger partial charge in [0, 0.05) is 21.9 Å². The zero-order chi connectivity index (χ0) is 30.3. The molecule has 5 rings (SSSR count). The van der Waals surface area contributed by atoms with Gasteiger partial charge in [0.05, 0.1) is 5.56 Å². The van der Waals surface area contributed by atoms with Crippen LogP contribution in [0.3, 0.4) is 0 Å². The average molecular weight is 596 g/mol. The highest BCUT2D eigenvalue weighted by atomic mass is 19.4. The van der Waals surface area contributed by atoms with Crippen molar-refractivity contribution in [2.75, 3.05) is 0 Å². The minimum atomic E-state index is -6.01. The van der Waals surface area contributed by atoms with Gasteiger partial charge in [-0.1, -0.05) is 12.1 Å². The summed E-state index contributed by atoms with van der Waals surface area (Å²) in [7, 11) is 0. The van der Waals surface area contributed by atoms with Crippen LogP contribution in [0.4, 0.5) is 61.5 Å². The SMILES string of the molecule is Fc1ccc2c(-c3ccc(F)c(F)c3)c3c(F)c(F)c(F)c(F)c3c(-c3c(F)c(F)c(C(F)(F)F)c(F)c3F)c2c1. The molecule has 212 valence electrons. The first-order valence-electron chi connectivity index (χ1n) is 10.9. The maximum absolute atomic E-state index is 15.4. The van der Waals surface area contributed by atoms with E-state index >= 15 is 17.6 Å². The van der Waals surface area contributed by atoms with E-state index in [1.807, 2.05) is 0 Å². The first-order valence-corrected chi connectivity index (χ1v) is 10.9. The Morgan fingerprint density at radius 3 is 1.46 bits per heavy atom. The van der Waals surface area contributed by atoms with Crippen LogP contribution in [-0.4, -0.2) is 0 Å². The summed E-state index contributed by atoms with van der Waals surface area (Å²) in [6.07, 6.45) is -6.01. The lowest BCUT2D eigenvalue weighted by Crippen LogP contribution is -2.16. The Morgan fingerprint density at radius 1 is 0.415 bits per heavy atom. The lowest BCUT2D eigenvalue weighted by molar-refractivity contribution is -0.143. The number of rotatable bonds is 2. The van der Waals surface area contributed by atoms with Gasteiger partial charge in [-0.3, -0.25) is 0 Å². The molecule has 0 fully saturated rings. The fourth-order valence-electron chi connectivity index (χ4n) is 4.62. The Labute approximate surface area is 218 Å². The van der Waals surface area contributed by atoms with E-state index in [1.165, 1.54) is 0 Å². The van der Waals surface area contributed by atoms with Crippen LogP contribution in [0.15, 0.2) is 36.4 Å². The molecule has 0 aromatic heterocycles. The zero-order valence-electron chi connectivity index (χ0n) is 19.3. The topological polar surface area (TPSA) is 0 Å². The number of hydrogen-bond acceptors (Lipinski definition) is 0. The van der Waals surface area contributed by atoms with Crippen LogP contribution in [0.25, 0.3) is 43.8 Å². The molecule has 5 aromatic carbocycles. The molecule has 0 nitrogen and oxygen atoms in total. The monoisotopic (exact) mass is 596 g/mol. The van der Waals surface area contributed by atoms with E-state index in [0.717, 1.165) is 6.07 Å². The molecule has 5 aromatic rings. The summed E-state index contributed by atoms with van der Waals surface area (Å²) < 4.78 is 201. The second-order valence-corrected chi connectivity index (χ2v) is 8.58. The Kier molecular flexibility index (Phi) is 6.42. The van der Waals surface area contributed by atoms with Crippen LogP contribution in [-0.2, 0) is 6.18 Å². The van der Waals surface area contributed by atoms with Gasteiger partial charge in [0.15, 0.2) is 58.2 Å². The number of hydrogen-bond donors (Lipinski definition) is 0. The molecule has 0 aliphatic heterocycles. The van der Waals surface area contributed by atoms with E-state index in [-0.39, 0.29) is 0 Å². The smallest absolute Gasteiger partial charge is 0.207 e. The van der Waals surface area contributed by atoms with Crippen molar-refractivity contribution in [2.45, 2.75) is 6.18 Å². The first-order chi connectivity index (χ1) is 19.1. The van der Waals surface area contributed by atoms with Crippen molar-refractivity contribution in [1.29, 1.82) is 0 Å². The molecular formula is C27H6F14. The van der Waals surface area contributed by atoms with Crippen LogP contribution >= 0.6 is 0 Å². The summed E-state index contributed by atoms with van der Waals surface area (Å²) >= 11 is 0. The van der Waals surface area contributed by atoms with Gasteiger partial charge in [-0.2, -0.15) is 13.2 Å². The lowest BCUT2D eigenvalue weighted by Gasteiger charge is -2.21. The summed E-state index contributed by atoms with van der Waals surface area (Å²) in [6.45, 7) is 0. The lowest BCUT2D eigenvalue weighted by atomic mass is 9.84. The maximum atomic E-state index is 15.4. The standard InChI is InChI=1S/C27H6F14/c28-8-2-3-9-10(6-8)14(17-21(33)23(35)18(27(39,40)41)24(36)22(17)34)16-15(19(31)25(37)26(38)20(16)32)13(9)7-1-4-11(29)12(30)5-7/h1-6H. The predicted octanol–water partition coefficient (Wildman–Crippen LogP) is 9.88. The fourth-order valence-corrected chi connectivity index (χ4v) is 4.62. The second kappa shape index (κ2) is 9.35. The summed E-state index contributed by atoms with van der Waals surface area (Å²) in [5, 5.41) is -4.86. The quantitative estimate of drug-likeness (QED) is 0.0824. The molecule has 0 saturated carbocycles. The highest BCUT2D eigenvalue weighted by Crippen LogP contribution is 2.49. The Bertz CT molecular complexity index is 1910. The molecule has 0 unspecified atom stereocenters. The van der Waals surface area contributed by atoms with Gasteiger partial charge >= 0.3 is 6.18 Å². The molecule has 0 amide bonds. The summed E-state index contributed by atoms with van der Waals surface area (Å²) in [4.78, 5) is 0. The minimum Gasteiger partial charge on any atom is -0.207 e. The third-order valence-corrected chi connectivity index (χ3v) is 6.29. The maximum Gasteiger partial charge on any atom is 0.422 e. The van der Waals surface area contributed by atoms with Crippen LogP contribution < -0.4 is 0 Å². The van der Waals surface area contributed by atoms with Crippen molar-refractivity contribution in [3.8, 4) is 22.3 Å². The number of fused-ring (bicyclic) bond motifs is 2. The third kappa shape index (κ3) is 4.06. The number of alkyl halides is 3. The zero-order valence-corrected chi connectivity index (χ0v) is 19.3. The van der Waals surface area contributed by atoms with Crippen molar-refractivity contribution in [1.82, 2.24) is 0 Å². The van der Waals surface area contributed by atoms with Crippen LogP contribution in [0.2, 0.25) is 0 Å². The average Bonchev–Trinajstić information content (AvgIpc) is 2.90. The molecule has 41 heavy (non-hydrogen) atoms. The van der Waals surface area contributed by atoms with E-state index in [0.29, 0.717) is 30.3 Å². The normalized spacial score (nSPS) is 12.1. The molecule has 0 bridgehead atoms. The number of benzene rings is 5. The van der Waals surface area contributed by atoms with Gasteiger partial charge in [-0.15, -0.1) is 0 Å². The molecule has 0 saturated heterocycles. The predicted molar refractivity (Wildman–Crippen MR) is 117 cm³/mol. The summed E-state index contributed by atoms with van der Waals surface area (Å²) in [6, 6.07) is 3.13. The van der Waals surface area contributed by atoms with E-state index in [4.69, 9.17) is 0 Å². The van der Waals surface area contributed by atoms with Gasteiger partial charge in [0.1, 0.15) is 11.4 Å². The molecule has 0 spiro atoms. The van der Waals surface area contributed by atoms with Crippen LogP contribution in [0.5, 0.6) is 0 Å². The van der Waals surface area contributed by atoms with Crippen LogP contribution in [0, 0.1) is 64.0 Å². The van der Waals surface area contributed by atoms with Gasteiger partial charge in [0.25, 0.3) is 0 Å². The highest BCUT2D eigenvalue weighted by molar-refractivity contribution is 6.21. The molecule has 0 aliphatic rings. The van der Waals surface area contributed by atoms with E-state index in [2.05, 4.69) is 0 Å². The van der Waals surface area contributed by atoms with Gasteiger partial charge in [0.2, 0.25) is 0 Å². The van der Waals surface area contributed by atoms with E-state index < -0.39 is 120 Å². The van der Waals surface area contributed by atoms with Gasteiger partial charge < -0.3 is 0 Å². The van der Waals surface area contributed by atoms with Crippen molar-refractivity contribution < 1.29 is 61.5 Å². The van der Waals surface area contributed by atoms with Crippen molar-refractivity contribution in [3.63, 3.8) is 0 Å². The Hall–Kier alpha value is -4.36. The molecule has 0 atom stereocenters. The number of halogens is 14. The van der Waals surface area contributed by atoms with Crippen molar-refractivity contribution in [2.24, 2.45) is 0 Å². The van der Waals surface area contributed by atoms with Crippen molar-refractivity contribution in [3.05, 3.63) is 106 Å². The van der Waals surface area contributed by atoms with E-state index in [1.54, 1.807) is 0 Å². The first kappa shape index (κ1) is 28.2. The van der Waals surface area contributed by atoms with Gasteiger partial charge in [-0.05, 0) is 40.6 Å². The molecule has 0 heterocycles. The molecule has 14 heteroatoms. The Morgan fingerprint density at radius 2 is 0.951 bits per heavy atom. The third-order valence-electron chi connectivity index (χ3n) is 6.29. The highest BCUT2D eigenvalue weighted by Gasteiger charge is 2.43. The molecule has 0 aliphatic carbocycles. The molecular weight excluding hydrogens is 590 g/mol. The van der Waals surface area contributed by atoms with E-state index in [9.17, 15) is 43.9 Å². The second-order valence-electron chi connectivity index (χ2n) is 8.58. The largest absolute Gasteiger partial charge is 0.422 e. The molecule has 0 radical (unpaired) electrons. The Balaban J connectivity index is 2.15. The summed E-state index contributed by atoms with van der Waals surface area (Å²) in [5.41, 5.74) is -8.25.